The highest BCUT2D eigenvalue weighted by atomic mass is 16.2. The molecule has 1 aliphatic rings. The van der Waals surface area contributed by atoms with Gasteiger partial charge in [-0.2, -0.15) is 10.5 Å². The average Bonchev–Trinajstić information content (AvgIpc) is 2.78. The molecule has 24 heavy (non-hydrogen) atoms. The highest BCUT2D eigenvalue weighted by molar-refractivity contribution is 6.21. The Labute approximate surface area is 141 Å². The molecule has 5 nitrogen and oxygen atoms in total. The molecule has 1 heterocycles. The maximum atomic E-state index is 12.8. The van der Waals surface area contributed by atoms with Gasteiger partial charge >= 0.3 is 0 Å². The summed E-state index contributed by atoms with van der Waals surface area (Å²) >= 11 is 0. The first-order valence-corrected chi connectivity index (χ1v) is 7.64. The maximum absolute atomic E-state index is 12.8. The molecule has 1 unspecified atom stereocenters. The summed E-state index contributed by atoms with van der Waals surface area (Å²) in [5.74, 6) is -0.927. The lowest BCUT2D eigenvalue weighted by atomic mass is 9.67. The molecule has 122 valence electrons. The highest BCUT2D eigenvalue weighted by Crippen LogP contribution is 2.43. The number of hydrogen-bond donors (Lipinski definition) is 0. The Bertz CT molecular complexity index is 741. The smallest absolute Gasteiger partial charge is 0.261 e. The summed E-state index contributed by atoms with van der Waals surface area (Å²) in [4.78, 5) is 26.8. The lowest BCUT2D eigenvalue weighted by Crippen LogP contribution is -2.56. The molecule has 0 bridgehead atoms. The minimum absolute atomic E-state index is 0.0648. The number of rotatable bonds is 4. The second kappa shape index (κ2) is 5.94. The Hall–Kier alpha value is -2.92. The van der Waals surface area contributed by atoms with E-state index in [0.29, 0.717) is 11.1 Å². The molecule has 1 aromatic rings. The van der Waals surface area contributed by atoms with Crippen LogP contribution in [0, 0.1) is 33.5 Å². The molecule has 0 saturated heterocycles. The Balaban J connectivity index is 2.67. The molecule has 0 saturated carbocycles. The molecule has 2 rings (SSSR count). The number of carbonyl (C=O) groups is 2. The first-order valence-electron chi connectivity index (χ1n) is 7.64. The van der Waals surface area contributed by atoms with Crippen LogP contribution in [0.15, 0.2) is 36.9 Å². The summed E-state index contributed by atoms with van der Waals surface area (Å²) in [6, 6.07) is 9.72. The van der Waals surface area contributed by atoms with Crippen molar-refractivity contribution in [2.75, 3.05) is 0 Å². The molecule has 2 amide bonds. The summed E-state index contributed by atoms with van der Waals surface area (Å²) in [5.41, 5.74) is -1.60. The molecule has 0 aliphatic carbocycles. The van der Waals surface area contributed by atoms with Crippen LogP contribution in [0.25, 0.3) is 0 Å². The Morgan fingerprint density at radius 2 is 1.58 bits per heavy atom. The molecule has 1 aliphatic heterocycles. The lowest BCUT2D eigenvalue weighted by molar-refractivity contribution is 0.0303. The van der Waals surface area contributed by atoms with E-state index in [-0.39, 0.29) is 6.42 Å². The van der Waals surface area contributed by atoms with Gasteiger partial charge in [-0.1, -0.05) is 39.0 Å². The summed E-state index contributed by atoms with van der Waals surface area (Å²) in [5, 5.41) is 19.4. The summed E-state index contributed by atoms with van der Waals surface area (Å²) in [6.07, 6.45) is 1.54. The molecular formula is C19H19N3O2. The minimum Gasteiger partial charge on any atom is -0.269 e. The van der Waals surface area contributed by atoms with Crippen LogP contribution >= 0.6 is 0 Å². The number of hydrogen-bond acceptors (Lipinski definition) is 4. The van der Waals surface area contributed by atoms with E-state index in [0.717, 1.165) is 4.90 Å². The number of fused-ring (bicyclic) bond motifs is 1. The van der Waals surface area contributed by atoms with E-state index < -0.39 is 28.7 Å². The van der Waals surface area contributed by atoms with Crippen molar-refractivity contribution in [2.45, 2.75) is 33.2 Å². The Morgan fingerprint density at radius 3 is 1.92 bits per heavy atom. The van der Waals surface area contributed by atoms with Crippen LogP contribution in [-0.4, -0.2) is 22.8 Å². The number of amides is 2. The third-order valence-corrected chi connectivity index (χ3v) is 4.24. The van der Waals surface area contributed by atoms with Crippen molar-refractivity contribution in [1.82, 2.24) is 4.90 Å². The predicted octanol–water partition coefficient (Wildman–Crippen LogP) is 3.31. The molecule has 0 N–H and O–H groups in total. The number of nitriles is 2. The molecule has 0 fully saturated rings. The summed E-state index contributed by atoms with van der Waals surface area (Å²) in [7, 11) is 0. The third kappa shape index (κ3) is 2.49. The number of carbonyl (C=O) groups excluding carboxylic acids is 2. The zero-order valence-electron chi connectivity index (χ0n) is 14.0. The van der Waals surface area contributed by atoms with Gasteiger partial charge in [-0.3, -0.25) is 14.5 Å². The fourth-order valence-corrected chi connectivity index (χ4v) is 3.37. The van der Waals surface area contributed by atoms with E-state index in [9.17, 15) is 20.1 Å². The third-order valence-electron chi connectivity index (χ3n) is 4.24. The van der Waals surface area contributed by atoms with Gasteiger partial charge in [-0.25, -0.2) is 0 Å². The van der Waals surface area contributed by atoms with Gasteiger partial charge < -0.3 is 0 Å². The van der Waals surface area contributed by atoms with Gasteiger partial charge in [0.1, 0.15) is 0 Å². The van der Waals surface area contributed by atoms with Crippen molar-refractivity contribution >= 4 is 11.8 Å². The number of benzene rings is 1. The summed E-state index contributed by atoms with van der Waals surface area (Å²) < 4.78 is 0. The van der Waals surface area contributed by atoms with Crippen molar-refractivity contribution in [1.29, 1.82) is 10.5 Å². The van der Waals surface area contributed by atoms with Crippen molar-refractivity contribution in [3.8, 4) is 12.1 Å². The molecule has 0 spiro atoms. The molecule has 1 atom stereocenters. The largest absolute Gasteiger partial charge is 0.269 e. The van der Waals surface area contributed by atoms with E-state index in [4.69, 9.17) is 0 Å². The Morgan fingerprint density at radius 1 is 1.12 bits per heavy atom. The monoisotopic (exact) mass is 321 g/mol. The number of imide groups is 1. The molecule has 0 aromatic heterocycles. The van der Waals surface area contributed by atoms with Crippen LogP contribution in [-0.2, 0) is 0 Å². The van der Waals surface area contributed by atoms with E-state index in [1.165, 1.54) is 6.08 Å². The van der Waals surface area contributed by atoms with E-state index in [1.54, 1.807) is 24.3 Å². The second-order valence-electron chi connectivity index (χ2n) is 6.98. The fourth-order valence-electron chi connectivity index (χ4n) is 3.37. The van der Waals surface area contributed by atoms with Crippen LogP contribution in [0.2, 0.25) is 0 Å². The quantitative estimate of drug-likeness (QED) is 0.629. The number of nitrogens with zero attached hydrogens (tertiary/aromatic N) is 3. The second-order valence-corrected chi connectivity index (χ2v) is 6.98. The van der Waals surface area contributed by atoms with Crippen molar-refractivity contribution in [2.24, 2.45) is 10.8 Å². The fraction of sp³-hybridized carbons (Fsp3) is 0.368. The van der Waals surface area contributed by atoms with E-state index >= 15 is 0 Å². The average molecular weight is 321 g/mol. The highest BCUT2D eigenvalue weighted by Gasteiger charge is 2.54. The van der Waals surface area contributed by atoms with Gasteiger partial charge in [-0.05, 0) is 24.0 Å². The van der Waals surface area contributed by atoms with E-state index in [1.807, 2.05) is 32.9 Å². The van der Waals surface area contributed by atoms with Crippen molar-refractivity contribution < 1.29 is 9.59 Å². The van der Waals surface area contributed by atoms with Crippen molar-refractivity contribution in [3.63, 3.8) is 0 Å². The van der Waals surface area contributed by atoms with Gasteiger partial charge in [-0.15, -0.1) is 6.58 Å². The topological polar surface area (TPSA) is 85.0 Å². The first kappa shape index (κ1) is 17.4. The zero-order chi connectivity index (χ0) is 18.1. The molecule has 1 aromatic carbocycles. The zero-order valence-corrected chi connectivity index (χ0v) is 14.0. The maximum Gasteiger partial charge on any atom is 0.261 e. The van der Waals surface area contributed by atoms with E-state index in [2.05, 4.69) is 6.58 Å². The minimum atomic E-state index is -1.55. The SMILES string of the molecule is C=CCC(C#N)(C#N)C(N1C(=O)c2ccccc2C1=O)C(C)(C)C. The van der Waals surface area contributed by atoms with Gasteiger partial charge in [0, 0.05) is 0 Å². The van der Waals surface area contributed by atoms with Crippen molar-refractivity contribution in [3.05, 3.63) is 48.0 Å². The van der Waals surface area contributed by atoms with Gasteiger partial charge in [0.15, 0.2) is 5.41 Å². The molecular weight excluding hydrogens is 302 g/mol. The van der Waals surface area contributed by atoms with Crippen LogP contribution < -0.4 is 0 Å². The first-order chi connectivity index (χ1) is 11.2. The van der Waals surface area contributed by atoms with Crippen LogP contribution in [0.4, 0.5) is 0 Å². The standard InChI is InChI=1S/C19H19N3O2/c1-5-10-19(11-20,12-21)17(18(2,3)4)22-15(23)13-8-6-7-9-14(13)16(22)24/h5-9,17H,1,10H2,2-4H3. The van der Waals surface area contributed by atoms with Gasteiger partial charge in [0.2, 0.25) is 0 Å². The number of allylic oxidation sites excluding steroid dienone is 1. The van der Waals surface area contributed by atoms with Crippen LogP contribution in [0.1, 0.15) is 47.9 Å². The van der Waals surface area contributed by atoms with Gasteiger partial charge in [0.25, 0.3) is 11.8 Å². The summed E-state index contributed by atoms with van der Waals surface area (Å²) in [6.45, 7) is 9.06. The van der Waals surface area contributed by atoms with Gasteiger partial charge in [0.05, 0.1) is 29.3 Å². The predicted molar refractivity (Wildman–Crippen MR) is 88.7 cm³/mol. The van der Waals surface area contributed by atoms with Crippen LogP contribution in [0.5, 0.6) is 0 Å². The molecule has 5 heteroatoms. The Kier molecular flexibility index (Phi) is 4.32. The lowest BCUT2D eigenvalue weighted by Gasteiger charge is -2.42. The van der Waals surface area contributed by atoms with Crippen LogP contribution in [0.3, 0.4) is 0 Å². The normalized spacial score (nSPS) is 15.5. The molecule has 0 radical (unpaired) electrons.